The number of aromatic amines is 2. The van der Waals surface area contributed by atoms with Crippen LogP contribution in [-0.4, -0.2) is 19.9 Å². The molecule has 0 saturated carbocycles. The minimum atomic E-state index is 0.800. The van der Waals surface area contributed by atoms with Gasteiger partial charge in [-0.15, -0.1) is 0 Å². The van der Waals surface area contributed by atoms with Crippen LogP contribution < -0.4 is 0 Å². The van der Waals surface area contributed by atoms with E-state index in [0.717, 1.165) is 102 Å². The van der Waals surface area contributed by atoms with E-state index in [4.69, 9.17) is 9.97 Å². The lowest BCUT2D eigenvalue weighted by molar-refractivity contribution is 1.13. The highest BCUT2D eigenvalue weighted by molar-refractivity contribution is 6.06. The number of rotatable bonds is 4. The van der Waals surface area contributed by atoms with E-state index in [1.807, 2.05) is 0 Å². The molecule has 0 radical (unpaired) electrons. The van der Waals surface area contributed by atoms with Crippen LogP contribution >= 0.6 is 0 Å². The van der Waals surface area contributed by atoms with Crippen LogP contribution in [0.1, 0.15) is 33.9 Å². The van der Waals surface area contributed by atoms with Crippen LogP contribution in [0.3, 0.4) is 0 Å². The third-order valence-electron chi connectivity index (χ3n) is 11.3. The Morgan fingerprint density at radius 3 is 1.18 bits per heavy atom. The summed E-state index contributed by atoms with van der Waals surface area (Å²) in [7, 11) is 0. The largest absolute Gasteiger partial charge is 0.354 e. The Labute approximate surface area is 325 Å². The molecule has 5 heterocycles. The van der Waals surface area contributed by atoms with Crippen LogP contribution in [0, 0.1) is 0 Å². The summed E-state index contributed by atoms with van der Waals surface area (Å²) >= 11 is 0. The van der Waals surface area contributed by atoms with Crippen molar-refractivity contribution in [3.8, 4) is 44.5 Å². The van der Waals surface area contributed by atoms with Gasteiger partial charge in [-0.05, 0) is 80.9 Å². The molecule has 0 unspecified atom stereocenters. The topological polar surface area (TPSA) is 57.4 Å². The van der Waals surface area contributed by atoms with Gasteiger partial charge in [0.05, 0.1) is 22.8 Å². The van der Waals surface area contributed by atoms with Crippen molar-refractivity contribution in [1.29, 1.82) is 0 Å². The molecular formula is C52H36N4. The summed E-state index contributed by atoms with van der Waals surface area (Å²) in [6.07, 6.45) is 5.96. The van der Waals surface area contributed by atoms with Crippen LogP contribution in [0.25, 0.3) is 89.9 Å². The molecule has 8 aromatic rings. The van der Waals surface area contributed by atoms with Gasteiger partial charge in [-0.2, -0.15) is 0 Å². The minimum absolute atomic E-state index is 0.800. The average Bonchev–Trinajstić information content (AvgIpc) is 4.09. The summed E-state index contributed by atoms with van der Waals surface area (Å²) in [5, 5.41) is 0. The van der Waals surface area contributed by atoms with Crippen molar-refractivity contribution >= 4 is 45.4 Å². The van der Waals surface area contributed by atoms with Crippen LogP contribution in [-0.2, 0) is 12.8 Å². The van der Waals surface area contributed by atoms with Crippen molar-refractivity contribution in [2.24, 2.45) is 0 Å². The third kappa shape index (κ3) is 5.38. The highest BCUT2D eigenvalue weighted by Crippen LogP contribution is 2.47. The lowest BCUT2D eigenvalue weighted by Crippen LogP contribution is -2.05. The molecule has 264 valence electrons. The van der Waals surface area contributed by atoms with E-state index in [1.54, 1.807) is 0 Å². The standard InChI is InChI=1S/C52H36N4/c1-5-15-33(16-6-1)47-41-25-26-42(53-41)48(34-17-7-2-8-18-34)44-28-30-46(55-44)50(36-21-11-4-12-22-36)52-40-32-38-24-14-13-23-37(38)31-39(40)51(56-52)49(35-19-9-3-10-20-35)45-29-27-43(47)54-45/h1-30,53-54H,31-32H2. The maximum atomic E-state index is 5.80. The zero-order valence-electron chi connectivity index (χ0n) is 30.6. The van der Waals surface area contributed by atoms with Gasteiger partial charge in [-0.3, -0.25) is 0 Å². The van der Waals surface area contributed by atoms with Crippen molar-refractivity contribution in [3.05, 3.63) is 204 Å². The van der Waals surface area contributed by atoms with Gasteiger partial charge in [0, 0.05) is 57.2 Å². The number of allylic oxidation sites excluding steroid dienone is 2. The molecule has 2 aliphatic heterocycles. The maximum Gasteiger partial charge on any atom is 0.0776 e. The first-order valence-corrected chi connectivity index (χ1v) is 19.3. The Morgan fingerprint density at radius 2 is 0.679 bits per heavy atom. The number of nitrogens with zero attached hydrogens (tertiary/aromatic N) is 2. The van der Waals surface area contributed by atoms with E-state index in [0.29, 0.717) is 0 Å². The van der Waals surface area contributed by atoms with Crippen molar-refractivity contribution in [2.75, 3.05) is 0 Å². The van der Waals surface area contributed by atoms with E-state index in [9.17, 15) is 0 Å². The Morgan fingerprint density at radius 1 is 0.321 bits per heavy atom. The zero-order valence-corrected chi connectivity index (χ0v) is 30.6. The second kappa shape index (κ2) is 13.2. The molecule has 0 fully saturated rings. The molecule has 5 aromatic carbocycles. The van der Waals surface area contributed by atoms with Gasteiger partial charge in [-0.1, -0.05) is 146 Å². The van der Waals surface area contributed by atoms with E-state index in [1.165, 1.54) is 22.3 Å². The summed E-state index contributed by atoms with van der Waals surface area (Å²) in [4.78, 5) is 19.1. The first kappa shape index (κ1) is 32.2. The smallest absolute Gasteiger partial charge is 0.0776 e. The van der Waals surface area contributed by atoms with Crippen LogP contribution in [0.5, 0.6) is 0 Å². The van der Waals surface area contributed by atoms with Crippen LogP contribution in [0.2, 0.25) is 0 Å². The molecule has 0 amide bonds. The first-order chi connectivity index (χ1) is 27.8. The first-order valence-electron chi connectivity index (χ1n) is 19.3. The van der Waals surface area contributed by atoms with E-state index >= 15 is 0 Å². The molecule has 8 bridgehead atoms. The molecule has 1 aliphatic carbocycles. The predicted molar refractivity (Wildman–Crippen MR) is 232 cm³/mol. The predicted octanol–water partition coefficient (Wildman–Crippen LogP) is 12.9. The number of fused-ring (bicyclic) bond motifs is 11. The number of aromatic nitrogens is 4. The molecule has 2 N–H and O–H groups in total. The number of nitrogens with one attached hydrogen (secondary N) is 2. The molecule has 0 spiro atoms. The fourth-order valence-corrected chi connectivity index (χ4v) is 8.77. The van der Waals surface area contributed by atoms with E-state index < -0.39 is 0 Å². The van der Waals surface area contributed by atoms with Crippen molar-refractivity contribution in [3.63, 3.8) is 0 Å². The number of benzene rings is 5. The number of hydrogen-bond donors (Lipinski definition) is 2. The second-order valence-corrected chi connectivity index (χ2v) is 14.6. The highest BCUT2D eigenvalue weighted by atomic mass is 14.8. The van der Waals surface area contributed by atoms with Gasteiger partial charge in [0.1, 0.15) is 0 Å². The van der Waals surface area contributed by atoms with Crippen LogP contribution in [0.15, 0.2) is 170 Å². The Bertz CT molecular complexity index is 3040. The third-order valence-corrected chi connectivity index (χ3v) is 11.3. The van der Waals surface area contributed by atoms with E-state index in [2.05, 4.69) is 192 Å². The molecule has 4 nitrogen and oxygen atoms in total. The van der Waals surface area contributed by atoms with Crippen molar-refractivity contribution in [1.82, 2.24) is 19.9 Å². The van der Waals surface area contributed by atoms with Crippen LogP contribution in [0.4, 0.5) is 0 Å². The summed E-state index contributed by atoms with van der Waals surface area (Å²) in [5.74, 6) is 0. The SMILES string of the molecule is C1=Cc2nc1c(-c1ccccc1)c1nc(c(-c3ccccc3)c3ccc([nH]3)c(-c3ccccc3)c3ccc([nH]3)c2-c2ccccc2)C2=C1Cc1ccccc1C2. The van der Waals surface area contributed by atoms with Gasteiger partial charge in [0.25, 0.3) is 0 Å². The molecule has 0 atom stereocenters. The Balaban J connectivity index is 1.36. The van der Waals surface area contributed by atoms with Gasteiger partial charge in [0.15, 0.2) is 0 Å². The van der Waals surface area contributed by atoms with Gasteiger partial charge < -0.3 is 9.97 Å². The van der Waals surface area contributed by atoms with Gasteiger partial charge in [-0.25, -0.2) is 9.97 Å². The second-order valence-electron chi connectivity index (χ2n) is 14.6. The lowest BCUT2D eigenvalue weighted by atomic mass is 9.82. The fraction of sp³-hybridized carbons (Fsp3) is 0.0385. The summed E-state index contributed by atoms with van der Waals surface area (Å²) in [6, 6.07) is 60.4. The monoisotopic (exact) mass is 716 g/mol. The fourth-order valence-electron chi connectivity index (χ4n) is 8.77. The minimum Gasteiger partial charge on any atom is -0.354 e. The molecule has 3 aliphatic rings. The summed E-state index contributed by atoms with van der Waals surface area (Å²) in [5.41, 5.74) is 21.9. The number of H-pyrrole nitrogens is 2. The molecule has 56 heavy (non-hydrogen) atoms. The zero-order chi connectivity index (χ0) is 37.0. The molecule has 11 rings (SSSR count). The molecule has 3 aromatic heterocycles. The summed E-state index contributed by atoms with van der Waals surface area (Å²) in [6.45, 7) is 0. The van der Waals surface area contributed by atoms with Gasteiger partial charge in [0.2, 0.25) is 0 Å². The van der Waals surface area contributed by atoms with E-state index in [-0.39, 0.29) is 0 Å². The highest BCUT2D eigenvalue weighted by Gasteiger charge is 2.31. The Hall–Kier alpha value is -7.30. The molecule has 4 heteroatoms. The lowest BCUT2D eigenvalue weighted by Gasteiger charge is -2.20. The maximum absolute atomic E-state index is 5.80. The average molecular weight is 717 g/mol. The van der Waals surface area contributed by atoms with Gasteiger partial charge >= 0.3 is 0 Å². The van der Waals surface area contributed by atoms with Crippen molar-refractivity contribution in [2.45, 2.75) is 12.8 Å². The number of hydrogen-bond acceptors (Lipinski definition) is 2. The molecular weight excluding hydrogens is 681 g/mol. The summed E-state index contributed by atoms with van der Waals surface area (Å²) < 4.78 is 0. The normalized spacial score (nSPS) is 13.1. The molecule has 0 saturated heterocycles. The Kier molecular flexibility index (Phi) is 7.59. The van der Waals surface area contributed by atoms with Crippen molar-refractivity contribution < 1.29 is 0 Å². The quantitative estimate of drug-likeness (QED) is 0.190.